The van der Waals surface area contributed by atoms with Gasteiger partial charge in [-0.2, -0.15) is 0 Å². The monoisotopic (exact) mass is 244 g/mol. The van der Waals surface area contributed by atoms with Crippen molar-refractivity contribution in [1.29, 1.82) is 0 Å². The summed E-state index contributed by atoms with van der Waals surface area (Å²) in [6, 6.07) is 9.01. The van der Waals surface area contributed by atoms with Gasteiger partial charge in [-0.05, 0) is 42.3 Å². The lowest BCUT2D eigenvalue weighted by atomic mass is 10.0. The fourth-order valence-electron chi connectivity index (χ4n) is 1.84. The van der Waals surface area contributed by atoms with Crippen LogP contribution in [0.5, 0.6) is 0 Å². The maximum atomic E-state index is 14.0. The van der Waals surface area contributed by atoms with Gasteiger partial charge in [-0.25, -0.2) is 4.39 Å². The van der Waals surface area contributed by atoms with E-state index in [1.807, 2.05) is 24.3 Å². The number of hydrogen-bond acceptors (Lipinski definition) is 2. The molecule has 0 spiro atoms. The Morgan fingerprint density at radius 2 is 1.94 bits per heavy atom. The summed E-state index contributed by atoms with van der Waals surface area (Å²) in [6.45, 7) is 3.77. The maximum absolute atomic E-state index is 14.0. The molecule has 0 radical (unpaired) electrons. The first-order valence-electron chi connectivity index (χ1n) is 6.21. The highest BCUT2D eigenvalue weighted by Crippen LogP contribution is 2.22. The van der Waals surface area contributed by atoms with Crippen molar-refractivity contribution in [2.75, 3.05) is 6.54 Å². The van der Waals surface area contributed by atoms with E-state index < -0.39 is 0 Å². The van der Waals surface area contributed by atoms with Crippen molar-refractivity contribution in [3.05, 3.63) is 54.1 Å². The minimum atomic E-state index is -0.183. The van der Waals surface area contributed by atoms with E-state index in [2.05, 4.69) is 17.2 Å². The minimum absolute atomic E-state index is 0.183. The van der Waals surface area contributed by atoms with Gasteiger partial charge < -0.3 is 5.32 Å². The molecule has 0 amide bonds. The van der Waals surface area contributed by atoms with Crippen LogP contribution in [-0.2, 0) is 6.54 Å². The predicted molar refractivity (Wildman–Crippen MR) is 71.6 cm³/mol. The number of nitrogens with zero attached hydrogens (tertiary/aromatic N) is 1. The highest BCUT2D eigenvalue weighted by atomic mass is 19.1. The van der Waals surface area contributed by atoms with Crippen molar-refractivity contribution in [3.8, 4) is 11.1 Å². The van der Waals surface area contributed by atoms with Crippen molar-refractivity contribution in [3.63, 3.8) is 0 Å². The second-order valence-electron chi connectivity index (χ2n) is 4.23. The molecule has 2 rings (SSSR count). The summed E-state index contributed by atoms with van der Waals surface area (Å²) < 4.78 is 14.0. The zero-order chi connectivity index (χ0) is 12.8. The van der Waals surface area contributed by atoms with Crippen LogP contribution < -0.4 is 5.32 Å². The molecular weight excluding hydrogens is 227 g/mol. The molecule has 0 aliphatic heterocycles. The Labute approximate surface area is 107 Å². The van der Waals surface area contributed by atoms with Gasteiger partial charge in [-0.3, -0.25) is 4.98 Å². The number of rotatable bonds is 5. The van der Waals surface area contributed by atoms with Gasteiger partial charge in [0.1, 0.15) is 5.82 Å². The van der Waals surface area contributed by atoms with E-state index in [1.165, 1.54) is 0 Å². The lowest BCUT2D eigenvalue weighted by molar-refractivity contribution is 0.622. The second-order valence-corrected chi connectivity index (χ2v) is 4.23. The van der Waals surface area contributed by atoms with E-state index in [-0.39, 0.29) is 5.82 Å². The van der Waals surface area contributed by atoms with Gasteiger partial charge in [0, 0.05) is 24.5 Å². The fraction of sp³-hybridized carbons (Fsp3) is 0.267. The normalized spacial score (nSPS) is 10.6. The van der Waals surface area contributed by atoms with Crippen molar-refractivity contribution in [1.82, 2.24) is 10.3 Å². The summed E-state index contributed by atoms with van der Waals surface area (Å²) in [7, 11) is 0. The second kappa shape index (κ2) is 6.26. The van der Waals surface area contributed by atoms with E-state index in [9.17, 15) is 4.39 Å². The number of halogens is 1. The maximum Gasteiger partial charge on any atom is 0.131 e. The van der Waals surface area contributed by atoms with Gasteiger partial charge in [0.2, 0.25) is 0 Å². The van der Waals surface area contributed by atoms with Gasteiger partial charge >= 0.3 is 0 Å². The van der Waals surface area contributed by atoms with Gasteiger partial charge in [0.05, 0.1) is 0 Å². The van der Waals surface area contributed by atoms with E-state index in [1.54, 1.807) is 18.5 Å². The quantitative estimate of drug-likeness (QED) is 0.815. The molecule has 1 aromatic carbocycles. The molecule has 0 atom stereocenters. The first kappa shape index (κ1) is 12.7. The summed E-state index contributed by atoms with van der Waals surface area (Å²) >= 11 is 0. The molecule has 0 fully saturated rings. The van der Waals surface area contributed by atoms with Crippen LogP contribution in [0.15, 0.2) is 42.7 Å². The molecule has 1 heterocycles. The number of benzene rings is 1. The molecule has 1 N–H and O–H groups in total. The van der Waals surface area contributed by atoms with Crippen LogP contribution in [0.25, 0.3) is 11.1 Å². The topological polar surface area (TPSA) is 24.9 Å². The lowest BCUT2D eigenvalue weighted by Crippen LogP contribution is -2.13. The van der Waals surface area contributed by atoms with E-state index in [4.69, 9.17) is 0 Å². The lowest BCUT2D eigenvalue weighted by Gasteiger charge is -2.07. The highest BCUT2D eigenvalue weighted by molar-refractivity contribution is 5.63. The van der Waals surface area contributed by atoms with Crippen LogP contribution in [0.3, 0.4) is 0 Å². The number of nitrogens with one attached hydrogen (secondary N) is 1. The third kappa shape index (κ3) is 3.14. The number of hydrogen-bond donors (Lipinski definition) is 1. The summed E-state index contributed by atoms with van der Waals surface area (Å²) in [5.74, 6) is -0.183. The molecule has 2 nitrogen and oxygen atoms in total. The average molecular weight is 244 g/mol. The Hall–Kier alpha value is -1.74. The molecule has 1 aromatic heterocycles. The average Bonchev–Trinajstić information content (AvgIpc) is 2.40. The van der Waals surface area contributed by atoms with Gasteiger partial charge in [-0.15, -0.1) is 0 Å². The van der Waals surface area contributed by atoms with Gasteiger partial charge in [0.25, 0.3) is 0 Å². The Morgan fingerprint density at radius 1 is 1.17 bits per heavy atom. The Bertz CT molecular complexity index is 497. The molecule has 0 saturated heterocycles. The largest absolute Gasteiger partial charge is 0.313 e. The summed E-state index contributed by atoms with van der Waals surface area (Å²) in [4.78, 5) is 3.94. The molecule has 0 unspecified atom stereocenters. The highest BCUT2D eigenvalue weighted by Gasteiger charge is 2.05. The Morgan fingerprint density at radius 3 is 2.61 bits per heavy atom. The van der Waals surface area contributed by atoms with Crippen LogP contribution in [0.1, 0.15) is 18.9 Å². The Kier molecular flexibility index (Phi) is 4.42. The number of aromatic nitrogens is 1. The van der Waals surface area contributed by atoms with Crippen LogP contribution in [-0.4, -0.2) is 11.5 Å². The third-order valence-corrected chi connectivity index (χ3v) is 2.78. The van der Waals surface area contributed by atoms with Gasteiger partial charge in [-0.1, -0.05) is 19.1 Å². The minimum Gasteiger partial charge on any atom is -0.313 e. The first-order valence-corrected chi connectivity index (χ1v) is 6.21. The molecule has 0 aliphatic carbocycles. The Balaban J connectivity index is 2.15. The van der Waals surface area contributed by atoms with E-state index in [0.717, 1.165) is 24.1 Å². The van der Waals surface area contributed by atoms with Crippen LogP contribution in [0.4, 0.5) is 4.39 Å². The zero-order valence-corrected chi connectivity index (χ0v) is 10.5. The molecule has 18 heavy (non-hydrogen) atoms. The first-order chi connectivity index (χ1) is 8.81. The predicted octanol–water partition coefficient (Wildman–Crippen LogP) is 3.39. The molecular formula is C15H17FN2. The van der Waals surface area contributed by atoms with Crippen molar-refractivity contribution in [2.24, 2.45) is 0 Å². The van der Waals surface area contributed by atoms with E-state index >= 15 is 0 Å². The van der Waals surface area contributed by atoms with Crippen molar-refractivity contribution in [2.45, 2.75) is 19.9 Å². The SMILES string of the molecule is CCCNCc1ccc(-c2ccncc2)c(F)c1. The van der Waals surface area contributed by atoms with Crippen LogP contribution >= 0.6 is 0 Å². The smallest absolute Gasteiger partial charge is 0.131 e. The molecule has 0 bridgehead atoms. The zero-order valence-electron chi connectivity index (χ0n) is 10.5. The van der Waals surface area contributed by atoms with E-state index in [0.29, 0.717) is 12.1 Å². The molecule has 0 saturated carbocycles. The molecule has 3 heteroatoms. The van der Waals surface area contributed by atoms with Crippen LogP contribution in [0, 0.1) is 5.82 Å². The third-order valence-electron chi connectivity index (χ3n) is 2.78. The van der Waals surface area contributed by atoms with Crippen molar-refractivity contribution >= 4 is 0 Å². The molecule has 0 aliphatic rings. The summed E-state index contributed by atoms with van der Waals surface area (Å²) in [5.41, 5.74) is 2.45. The van der Waals surface area contributed by atoms with Crippen molar-refractivity contribution < 1.29 is 4.39 Å². The molecule has 94 valence electrons. The van der Waals surface area contributed by atoms with Gasteiger partial charge in [0.15, 0.2) is 0 Å². The summed E-state index contributed by atoms with van der Waals surface area (Å²) in [6.07, 6.45) is 4.43. The fourth-order valence-corrected chi connectivity index (χ4v) is 1.84. The van der Waals surface area contributed by atoms with Crippen LogP contribution in [0.2, 0.25) is 0 Å². The number of pyridine rings is 1. The summed E-state index contributed by atoms with van der Waals surface area (Å²) in [5, 5.41) is 3.26. The molecule has 2 aromatic rings. The standard InChI is InChI=1S/C15H17FN2/c1-2-7-18-11-12-3-4-14(15(16)10-12)13-5-8-17-9-6-13/h3-6,8-10,18H,2,7,11H2,1H3.